The molecule has 0 bridgehead atoms. The fourth-order valence-corrected chi connectivity index (χ4v) is 1.60. The summed E-state index contributed by atoms with van der Waals surface area (Å²) < 4.78 is 2.12. The van der Waals surface area contributed by atoms with Gasteiger partial charge in [0, 0.05) is 18.5 Å². The molecule has 0 saturated heterocycles. The average molecular weight is 202 g/mol. The lowest BCUT2D eigenvalue weighted by atomic mass is 9.97. The zero-order chi connectivity index (χ0) is 10.9. The van der Waals surface area contributed by atoms with E-state index in [1.807, 2.05) is 18.6 Å². The first-order valence-corrected chi connectivity index (χ1v) is 5.13. The second-order valence-corrected chi connectivity index (χ2v) is 5.04. The van der Waals surface area contributed by atoms with Crippen LogP contribution < -0.4 is 4.57 Å². The summed E-state index contributed by atoms with van der Waals surface area (Å²) in [6, 6.07) is 1.93. The number of nitrogens with zero attached hydrogens (tertiary/aromatic N) is 3. The molecule has 0 N–H and O–H groups in total. The van der Waals surface area contributed by atoms with E-state index in [9.17, 15) is 0 Å². The van der Waals surface area contributed by atoms with Crippen LogP contribution in [0, 0.1) is 5.41 Å². The Labute approximate surface area is 89.8 Å². The van der Waals surface area contributed by atoms with Crippen molar-refractivity contribution in [3.05, 3.63) is 31.0 Å². The average Bonchev–Trinajstić information content (AvgIpc) is 2.15. The van der Waals surface area contributed by atoms with Gasteiger partial charge in [0.2, 0.25) is 0 Å². The van der Waals surface area contributed by atoms with Crippen LogP contribution >= 0.6 is 0 Å². The van der Waals surface area contributed by atoms with Crippen molar-refractivity contribution in [1.29, 1.82) is 0 Å². The van der Waals surface area contributed by atoms with Gasteiger partial charge in [-0.05, 0) is 10.4 Å². The van der Waals surface area contributed by atoms with Crippen molar-refractivity contribution in [2.75, 3.05) is 0 Å². The van der Waals surface area contributed by atoms with E-state index in [-0.39, 0.29) is 5.41 Å². The van der Waals surface area contributed by atoms with E-state index in [1.165, 1.54) is 0 Å². The smallest absolute Gasteiger partial charge is 0.264 e. The fraction of sp³-hybridized carbons (Fsp3) is 0.417. The summed E-state index contributed by atoms with van der Waals surface area (Å²) in [4.78, 5) is 8.49. The maximum Gasteiger partial charge on any atom is 0.286 e. The van der Waals surface area contributed by atoms with Gasteiger partial charge in [0.25, 0.3) is 6.33 Å². The summed E-state index contributed by atoms with van der Waals surface area (Å²) in [5.74, 6) is 0. The molecule has 2 heterocycles. The zero-order valence-corrected chi connectivity index (χ0v) is 9.44. The summed E-state index contributed by atoms with van der Waals surface area (Å²) in [5, 5.41) is 1.09. The summed E-state index contributed by atoms with van der Waals surface area (Å²) in [7, 11) is 0. The summed E-state index contributed by atoms with van der Waals surface area (Å²) in [6.07, 6.45) is 7.60. The molecule has 2 aromatic heterocycles. The van der Waals surface area contributed by atoms with Crippen molar-refractivity contribution < 1.29 is 4.57 Å². The highest BCUT2D eigenvalue weighted by molar-refractivity contribution is 5.74. The molecule has 0 aliphatic rings. The largest absolute Gasteiger partial charge is 0.286 e. The molecule has 0 radical (unpaired) electrons. The van der Waals surface area contributed by atoms with Gasteiger partial charge < -0.3 is 0 Å². The van der Waals surface area contributed by atoms with Crippen molar-refractivity contribution in [3.63, 3.8) is 0 Å². The lowest BCUT2D eigenvalue weighted by Gasteiger charge is -2.15. The molecule has 3 heteroatoms. The van der Waals surface area contributed by atoms with Gasteiger partial charge in [0.05, 0.1) is 11.9 Å². The summed E-state index contributed by atoms with van der Waals surface area (Å²) >= 11 is 0. The van der Waals surface area contributed by atoms with Gasteiger partial charge in [-0.1, -0.05) is 20.8 Å². The molecular formula is C12H16N3+. The van der Waals surface area contributed by atoms with Crippen LogP contribution in [0.2, 0.25) is 0 Å². The van der Waals surface area contributed by atoms with Crippen LogP contribution in [0.15, 0.2) is 31.0 Å². The lowest BCUT2D eigenvalue weighted by molar-refractivity contribution is -0.709. The second-order valence-electron chi connectivity index (χ2n) is 5.04. The third-order valence-corrected chi connectivity index (χ3v) is 2.13. The summed E-state index contributed by atoms with van der Waals surface area (Å²) in [5.41, 5.74) is 1.26. The predicted molar refractivity (Wildman–Crippen MR) is 59.2 cm³/mol. The van der Waals surface area contributed by atoms with Crippen molar-refractivity contribution in [2.24, 2.45) is 5.41 Å². The maximum absolute atomic E-state index is 4.39. The molecule has 0 aromatic carbocycles. The first-order valence-electron chi connectivity index (χ1n) is 5.13. The van der Waals surface area contributed by atoms with Crippen LogP contribution in [0.25, 0.3) is 10.9 Å². The molecule has 3 nitrogen and oxygen atoms in total. The van der Waals surface area contributed by atoms with E-state index in [1.54, 1.807) is 6.20 Å². The number of hydrogen-bond acceptors (Lipinski definition) is 2. The molecule has 15 heavy (non-hydrogen) atoms. The van der Waals surface area contributed by atoms with Gasteiger partial charge in [0.15, 0.2) is 5.52 Å². The molecule has 0 atom stereocenters. The molecule has 2 aromatic rings. The van der Waals surface area contributed by atoms with E-state index >= 15 is 0 Å². The lowest BCUT2D eigenvalue weighted by Crippen LogP contribution is -2.40. The number of fused-ring (bicyclic) bond motifs is 1. The predicted octanol–water partition coefficient (Wildman–Crippen LogP) is 1.96. The molecule has 2 rings (SSSR count). The topological polar surface area (TPSA) is 29.7 Å². The minimum atomic E-state index is 0.266. The quantitative estimate of drug-likeness (QED) is 0.662. The van der Waals surface area contributed by atoms with Crippen molar-refractivity contribution >= 4 is 10.9 Å². The Balaban J connectivity index is 2.39. The Kier molecular flexibility index (Phi) is 2.39. The molecule has 0 amide bonds. The molecule has 0 fully saturated rings. The molecule has 0 aliphatic carbocycles. The Morgan fingerprint density at radius 2 is 2.13 bits per heavy atom. The normalized spacial score (nSPS) is 11.9. The van der Waals surface area contributed by atoms with Crippen molar-refractivity contribution in [1.82, 2.24) is 9.97 Å². The first-order chi connectivity index (χ1) is 7.04. The Morgan fingerprint density at radius 3 is 2.87 bits per heavy atom. The highest BCUT2D eigenvalue weighted by atomic mass is 15.0. The van der Waals surface area contributed by atoms with Gasteiger partial charge >= 0.3 is 0 Å². The standard InChI is InChI=1S/C12H16N3/c1-12(2,3)8-15-7-10-6-13-5-4-11(10)14-9-15/h4-7,9H,8H2,1-3H3/q+1. The van der Waals surface area contributed by atoms with Crippen molar-refractivity contribution in [3.8, 4) is 0 Å². The van der Waals surface area contributed by atoms with E-state index in [4.69, 9.17) is 0 Å². The monoisotopic (exact) mass is 202 g/mol. The fourth-order valence-electron chi connectivity index (χ4n) is 1.60. The Bertz CT molecular complexity index is 471. The molecule has 0 saturated carbocycles. The number of rotatable bonds is 1. The Hall–Kier alpha value is -1.51. The van der Waals surface area contributed by atoms with Gasteiger partial charge in [-0.3, -0.25) is 4.98 Å². The number of aromatic nitrogens is 3. The second kappa shape index (κ2) is 3.57. The molecule has 0 unspecified atom stereocenters. The third kappa shape index (κ3) is 2.49. The minimum Gasteiger partial charge on any atom is -0.264 e. The van der Waals surface area contributed by atoms with E-state index in [2.05, 4.69) is 41.5 Å². The van der Waals surface area contributed by atoms with Crippen LogP contribution in [0.1, 0.15) is 20.8 Å². The minimum absolute atomic E-state index is 0.266. The van der Waals surface area contributed by atoms with Crippen LogP contribution in [0.5, 0.6) is 0 Å². The van der Waals surface area contributed by atoms with Crippen LogP contribution in [0.4, 0.5) is 0 Å². The summed E-state index contributed by atoms with van der Waals surface area (Å²) in [6.45, 7) is 7.61. The molecular weight excluding hydrogens is 186 g/mol. The third-order valence-electron chi connectivity index (χ3n) is 2.13. The number of pyridine rings is 1. The Morgan fingerprint density at radius 1 is 1.33 bits per heavy atom. The van der Waals surface area contributed by atoms with Gasteiger partial charge in [-0.2, -0.15) is 0 Å². The first kappa shape index (κ1) is 10.0. The number of hydrogen-bond donors (Lipinski definition) is 0. The van der Waals surface area contributed by atoms with Gasteiger partial charge in [-0.25, -0.2) is 4.57 Å². The highest BCUT2D eigenvalue weighted by Crippen LogP contribution is 2.13. The molecule has 0 spiro atoms. The van der Waals surface area contributed by atoms with E-state index < -0.39 is 0 Å². The molecule has 0 aliphatic heterocycles. The van der Waals surface area contributed by atoms with Crippen LogP contribution in [-0.2, 0) is 6.54 Å². The van der Waals surface area contributed by atoms with E-state index in [0.717, 1.165) is 17.4 Å². The van der Waals surface area contributed by atoms with Crippen LogP contribution in [-0.4, -0.2) is 9.97 Å². The van der Waals surface area contributed by atoms with Crippen LogP contribution in [0.3, 0.4) is 0 Å². The van der Waals surface area contributed by atoms with Gasteiger partial charge in [-0.15, -0.1) is 0 Å². The highest BCUT2D eigenvalue weighted by Gasteiger charge is 2.15. The van der Waals surface area contributed by atoms with Gasteiger partial charge in [0.1, 0.15) is 6.20 Å². The maximum atomic E-state index is 4.39. The van der Waals surface area contributed by atoms with E-state index in [0.29, 0.717) is 0 Å². The van der Waals surface area contributed by atoms with Crippen molar-refractivity contribution in [2.45, 2.75) is 27.3 Å². The zero-order valence-electron chi connectivity index (χ0n) is 9.44. The molecule has 78 valence electrons. The SMILES string of the molecule is CC(C)(C)C[n+]1cnc2ccncc2c1.